The Bertz CT molecular complexity index is 837. The minimum Gasteiger partial charge on any atom is -0.281 e. The maximum Gasteiger partial charge on any atom is 0.305 e. The molecule has 0 radical (unpaired) electrons. The van der Waals surface area contributed by atoms with Crippen molar-refractivity contribution in [3.05, 3.63) is 36.0 Å². The normalized spacial score (nSPS) is 13.3. The average Bonchev–Trinajstić information content (AvgIpc) is 3.02. The number of para-hydroxylation sites is 1. The molecule has 0 fully saturated rings. The van der Waals surface area contributed by atoms with Crippen LogP contribution in [0.25, 0.3) is 0 Å². The molecule has 132 valence electrons. The van der Waals surface area contributed by atoms with E-state index in [2.05, 4.69) is 14.2 Å². The molecule has 10 nitrogen and oxygen atoms in total. The summed E-state index contributed by atoms with van der Waals surface area (Å²) in [6, 6.07) is 5.84. The summed E-state index contributed by atoms with van der Waals surface area (Å²) in [7, 11) is -4.00. The summed E-state index contributed by atoms with van der Waals surface area (Å²) < 4.78 is 52.8. The fourth-order valence-electron chi connectivity index (χ4n) is 1.39. The summed E-state index contributed by atoms with van der Waals surface area (Å²) in [6.45, 7) is 1.27. The summed E-state index contributed by atoms with van der Waals surface area (Å²) in [4.78, 5) is 14.3. The smallest absolute Gasteiger partial charge is 0.281 e. The minimum atomic E-state index is -4.92. The fraction of sp³-hybridized carbons (Fsp3) is 0.0909. The van der Waals surface area contributed by atoms with Crippen molar-refractivity contribution in [2.24, 2.45) is 0 Å². The van der Waals surface area contributed by atoms with Crippen molar-refractivity contribution >= 4 is 51.6 Å². The molecule has 1 aromatic heterocycles. The van der Waals surface area contributed by atoms with Crippen LogP contribution in [0.5, 0.6) is 0 Å². The number of carbonyl (C=O) groups excluding carboxylic acids is 1. The van der Waals surface area contributed by atoms with E-state index < -0.39 is 24.3 Å². The maximum atomic E-state index is 11.4. The number of benzene rings is 1. The van der Waals surface area contributed by atoms with Gasteiger partial charge in [0.2, 0.25) is 0 Å². The van der Waals surface area contributed by atoms with Gasteiger partial charge in [0.15, 0.2) is 4.21 Å². The summed E-state index contributed by atoms with van der Waals surface area (Å²) >= 11 is -4.04. The van der Waals surface area contributed by atoms with Crippen LogP contribution in [0.15, 0.2) is 40.2 Å². The third-order valence-corrected chi connectivity index (χ3v) is 6.95. The van der Waals surface area contributed by atoms with E-state index >= 15 is 0 Å². The van der Waals surface area contributed by atoms with Crippen molar-refractivity contribution in [1.29, 1.82) is 0 Å². The molecule has 0 saturated heterocycles. The summed E-state index contributed by atoms with van der Waals surface area (Å²) in [6.07, 6.45) is 1.10. The van der Waals surface area contributed by atoms with Crippen molar-refractivity contribution in [2.45, 2.75) is 11.1 Å². The zero-order valence-electron chi connectivity index (χ0n) is 12.1. The van der Waals surface area contributed by atoms with Gasteiger partial charge in [0.1, 0.15) is 0 Å². The van der Waals surface area contributed by atoms with Gasteiger partial charge in [-0.25, -0.2) is 0 Å². The molecule has 1 unspecified atom stereocenters. The molecule has 0 aliphatic carbocycles. The van der Waals surface area contributed by atoms with Gasteiger partial charge in [0, 0.05) is 0 Å². The molecule has 0 saturated carbocycles. The first-order valence-corrected chi connectivity index (χ1v) is 11.6. The summed E-state index contributed by atoms with van der Waals surface area (Å²) in [5.74, 6) is -0.379. The van der Waals surface area contributed by atoms with E-state index in [0.29, 0.717) is 0 Å². The van der Waals surface area contributed by atoms with Crippen LogP contribution < -0.4 is 9.67 Å². The SMILES string of the molecule is CC(=O)Nc1ccccc1[As](=O)(O)OO.O=S(=O)(O)c1cncs1. The largest absolute Gasteiger partial charge is 0.305 e. The van der Waals surface area contributed by atoms with Gasteiger partial charge in [-0.1, -0.05) is 0 Å². The maximum absolute atomic E-state index is 11.4. The zero-order valence-corrected chi connectivity index (χ0v) is 15.6. The van der Waals surface area contributed by atoms with E-state index in [1.807, 2.05) is 0 Å². The van der Waals surface area contributed by atoms with Gasteiger partial charge < -0.3 is 0 Å². The topological polar surface area (TPSA) is 163 Å². The molecule has 0 aliphatic rings. The van der Waals surface area contributed by atoms with Gasteiger partial charge in [-0.15, -0.1) is 11.3 Å². The van der Waals surface area contributed by atoms with Gasteiger partial charge in [-0.2, -0.15) is 8.42 Å². The predicted octanol–water partition coefficient (Wildman–Crippen LogP) is 0.0931. The standard InChI is InChI=1S/C8H10AsNO5.C3H3NO3S2/c1-6(11)10-8-5-3-2-4-7(8)9(12,13)15-14;5-9(6,7)3-1-4-2-8-3/h2-5,14H,1H3,(H,10,11)(H,12,13);1-2H,(H,5,6,7). The minimum absolute atomic E-state index is 0.103. The van der Waals surface area contributed by atoms with E-state index in [9.17, 15) is 21.0 Å². The Morgan fingerprint density at radius 2 is 2.00 bits per heavy atom. The number of rotatable bonds is 4. The molecule has 24 heavy (non-hydrogen) atoms. The van der Waals surface area contributed by atoms with Gasteiger partial charge in [0.25, 0.3) is 0 Å². The molecule has 1 amide bonds. The Labute approximate surface area is 143 Å². The Balaban J connectivity index is 0.000000272. The number of carbonyl (C=O) groups is 1. The van der Waals surface area contributed by atoms with Crippen LogP contribution in [-0.4, -0.2) is 47.4 Å². The van der Waals surface area contributed by atoms with Crippen LogP contribution >= 0.6 is 11.3 Å². The van der Waals surface area contributed by atoms with Crippen LogP contribution in [0, 0.1) is 0 Å². The molecule has 1 heterocycles. The monoisotopic (exact) mass is 440 g/mol. The molecule has 0 aliphatic heterocycles. The molecule has 1 atom stereocenters. The first kappa shape index (κ1) is 20.5. The Kier molecular flexibility index (Phi) is 7.29. The first-order chi connectivity index (χ1) is 11.1. The van der Waals surface area contributed by atoms with Gasteiger partial charge in [0.05, 0.1) is 11.7 Å². The van der Waals surface area contributed by atoms with Crippen LogP contribution in [0.4, 0.5) is 5.69 Å². The third kappa shape index (κ3) is 6.17. The molecule has 4 N–H and O–H groups in total. The number of amides is 1. The number of anilines is 1. The van der Waals surface area contributed by atoms with Crippen LogP contribution in [0.3, 0.4) is 0 Å². The van der Waals surface area contributed by atoms with Crippen molar-refractivity contribution in [2.75, 3.05) is 5.32 Å². The second kappa shape index (κ2) is 8.53. The van der Waals surface area contributed by atoms with Crippen molar-refractivity contribution < 1.29 is 34.7 Å². The van der Waals surface area contributed by atoms with Crippen LogP contribution in [0.1, 0.15) is 6.92 Å². The molecule has 0 spiro atoms. The van der Waals surface area contributed by atoms with Gasteiger partial charge >= 0.3 is 98.5 Å². The quantitative estimate of drug-likeness (QED) is 0.223. The van der Waals surface area contributed by atoms with E-state index in [0.717, 1.165) is 17.5 Å². The molecular weight excluding hydrogens is 427 g/mol. The van der Waals surface area contributed by atoms with E-state index in [-0.39, 0.29) is 20.2 Å². The summed E-state index contributed by atoms with van der Waals surface area (Å²) in [5, 5.41) is 10.7. The molecular formula is C11H13AsN2O8S2. The van der Waals surface area contributed by atoms with E-state index in [1.165, 1.54) is 30.6 Å². The second-order valence-electron chi connectivity index (χ2n) is 4.10. The Morgan fingerprint density at radius 3 is 2.42 bits per heavy atom. The van der Waals surface area contributed by atoms with Crippen molar-refractivity contribution in [1.82, 2.24) is 4.98 Å². The van der Waals surface area contributed by atoms with Crippen molar-refractivity contribution in [3.63, 3.8) is 0 Å². The number of hydrogen-bond donors (Lipinski definition) is 4. The van der Waals surface area contributed by atoms with E-state index in [4.69, 9.17) is 9.81 Å². The molecule has 2 aromatic rings. The Hall–Kier alpha value is -1.53. The molecule has 1 aromatic carbocycles. The predicted molar refractivity (Wildman–Crippen MR) is 84.7 cm³/mol. The molecule has 0 bridgehead atoms. The number of aromatic nitrogens is 1. The number of thiazole rings is 1. The van der Waals surface area contributed by atoms with E-state index in [1.54, 1.807) is 6.07 Å². The summed E-state index contributed by atoms with van der Waals surface area (Å²) in [5.41, 5.74) is 1.49. The number of nitrogens with one attached hydrogen (secondary N) is 1. The third-order valence-electron chi connectivity index (χ3n) is 2.29. The molecule has 13 heteroatoms. The first-order valence-electron chi connectivity index (χ1n) is 5.97. The van der Waals surface area contributed by atoms with Gasteiger partial charge in [-0.3, -0.25) is 9.54 Å². The second-order valence-corrected chi connectivity index (χ2v) is 10.2. The van der Waals surface area contributed by atoms with Crippen molar-refractivity contribution in [3.8, 4) is 0 Å². The molecule has 2 rings (SSSR count). The number of hydrogen-bond acceptors (Lipinski definition) is 8. The average molecular weight is 440 g/mol. The number of nitrogens with zero attached hydrogens (tertiary/aromatic N) is 1. The Morgan fingerprint density at radius 1 is 1.38 bits per heavy atom. The fourth-order valence-corrected chi connectivity index (χ4v) is 4.22. The van der Waals surface area contributed by atoms with Crippen LogP contribution in [-0.2, 0) is 22.5 Å². The van der Waals surface area contributed by atoms with Gasteiger partial charge in [-0.05, 0) is 0 Å². The van der Waals surface area contributed by atoms with Crippen LogP contribution in [0.2, 0.25) is 0 Å². The zero-order chi connectivity index (χ0) is 18.4.